The van der Waals surface area contributed by atoms with Gasteiger partial charge in [-0.05, 0) is 17.7 Å². The van der Waals surface area contributed by atoms with E-state index in [2.05, 4.69) is 15.0 Å². The molecule has 9 heteroatoms. The van der Waals surface area contributed by atoms with Crippen molar-refractivity contribution in [2.75, 3.05) is 0 Å². The zero-order chi connectivity index (χ0) is 14.5. The predicted molar refractivity (Wildman–Crippen MR) is 64.8 cm³/mol. The number of hydrogen-bond acceptors (Lipinski definition) is 6. The Morgan fingerprint density at radius 3 is 2.50 bits per heavy atom. The number of carbonyl (C=O) groups excluding carboxylic acids is 1. The first-order valence-electron chi connectivity index (χ1n) is 5.26. The number of rotatable bonds is 4. The topological polar surface area (TPSA) is 130 Å². The van der Waals surface area contributed by atoms with Crippen LogP contribution >= 0.6 is 0 Å². The van der Waals surface area contributed by atoms with Gasteiger partial charge in [-0.1, -0.05) is 12.1 Å². The lowest BCUT2D eigenvalue weighted by Crippen LogP contribution is -2.09. The molecule has 0 saturated carbocycles. The van der Waals surface area contributed by atoms with Crippen LogP contribution in [-0.2, 0) is 4.84 Å². The van der Waals surface area contributed by atoms with E-state index in [0.29, 0.717) is 4.73 Å². The van der Waals surface area contributed by atoms with Crippen LogP contribution in [0.15, 0.2) is 41.7 Å². The quantitative estimate of drug-likeness (QED) is 0.382. The lowest BCUT2D eigenvalue weighted by atomic mass is 10.2. The molecule has 0 aliphatic rings. The SMILES string of the molecule is [N-]=[N+]=NOC(=O)c1ccccc1On1c(O)ccc1O. The maximum Gasteiger partial charge on any atom is 0.353 e. The third-order valence-corrected chi connectivity index (χ3v) is 2.25. The van der Waals surface area contributed by atoms with Crippen LogP contribution in [0.25, 0.3) is 10.4 Å². The summed E-state index contributed by atoms with van der Waals surface area (Å²) in [5.41, 5.74) is 8.04. The van der Waals surface area contributed by atoms with Gasteiger partial charge in [0, 0.05) is 17.0 Å². The summed E-state index contributed by atoms with van der Waals surface area (Å²) in [7, 11) is 0. The van der Waals surface area contributed by atoms with Crippen molar-refractivity contribution in [3.8, 4) is 17.5 Å². The zero-order valence-corrected chi connectivity index (χ0v) is 9.87. The van der Waals surface area contributed by atoms with Crippen LogP contribution < -0.4 is 4.84 Å². The standard InChI is InChI=1S/C11H8N4O5/c12-13-14-19-11(18)7-3-1-2-4-8(7)20-15-9(16)5-6-10(15)17/h1-6,16-17H. The van der Waals surface area contributed by atoms with Crippen LogP contribution in [0.1, 0.15) is 10.4 Å². The van der Waals surface area contributed by atoms with Gasteiger partial charge in [0.05, 0.1) is 0 Å². The van der Waals surface area contributed by atoms with Crippen LogP contribution in [0.4, 0.5) is 0 Å². The molecule has 102 valence electrons. The van der Waals surface area contributed by atoms with Gasteiger partial charge in [0.2, 0.25) is 11.8 Å². The van der Waals surface area contributed by atoms with Gasteiger partial charge in [-0.2, -0.15) is 0 Å². The first-order valence-corrected chi connectivity index (χ1v) is 5.26. The molecular formula is C11H8N4O5. The number of nitrogens with zero attached hydrogens (tertiary/aromatic N) is 4. The molecule has 0 atom stereocenters. The lowest BCUT2D eigenvalue weighted by molar-refractivity contribution is 0.0495. The molecule has 2 aromatic rings. The minimum Gasteiger partial charge on any atom is -0.492 e. The van der Waals surface area contributed by atoms with Crippen LogP contribution in [0.5, 0.6) is 17.5 Å². The number of benzene rings is 1. The Balaban J connectivity index is 2.33. The van der Waals surface area contributed by atoms with E-state index in [4.69, 9.17) is 10.4 Å². The molecule has 0 unspecified atom stereocenters. The van der Waals surface area contributed by atoms with E-state index in [9.17, 15) is 15.0 Å². The van der Waals surface area contributed by atoms with Gasteiger partial charge in [-0.25, -0.2) is 4.79 Å². The smallest absolute Gasteiger partial charge is 0.353 e. The molecule has 0 bridgehead atoms. The zero-order valence-electron chi connectivity index (χ0n) is 9.87. The van der Waals surface area contributed by atoms with Gasteiger partial charge >= 0.3 is 5.97 Å². The van der Waals surface area contributed by atoms with E-state index in [1.54, 1.807) is 6.07 Å². The molecule has 0 aliphatic carbocycles. The predicted octanol–water partition coefficient (Wildman–Crippen LogP) is 2.12. The summed E-state index contributed by atoms with van der Waals surface area (Å²) in [5, 5.41) is 21.6. The highest BCUT2D eigenvalue weighted by atomic mass is 16.7. The molecule has 1 aromatic carbocycles. The first kappa shape index (κ1) is 13.1. The van der Waals surface area contributed by atoms with Crippen molar-refractivity contribution in [3.63, 3.8) is 0 Å². The Morgan fingerprint density at radius 2 is 1.85 bits per heavy atom. The summed E-state index contributed by atoms with van der Waals surface area (Å²) >= 11 is 0. The van der Waals surface area contributed by atoms with E-state index < -0.39 is 5.97 Å². The van der Waals surface area contributed by atoms with E-state index in [-0.39, 0.29) is 23.1 Å². The maximum absolute atomic E-state index is 11.6. The van der Waals surface area contributed by atoms with Crippen molar-refractivity contribution in [2.24, 2.45) is 5.28 Å². The second-order valence-corrected chi connectivity index (χ2v) is 3.48. The summed E-state index contributed by atoms with van der Waals surface area (Å²) in [6, 6.07) is 8.28. The normalized spacial score (nSPS) is 9.60. The highest BCUT2D eigenvalue weighted by Gasteiger charge is 2.16. The van der Waals surface area contributed by atoms with Gasteiger partial charge in [0.1, 0.15) is 10.8 Å². The van der Waals surface area contributed by atoms with Gasteiger partial charge < -0.3 is 19.9 Å². The van der Waals surface area contributed by atoms with E-state index in [1.165, 1.54) is 30.3 Å². The minimum absolute atomic E-state index is 0.00700. The number of aromatic nitrogens is 1. The lowest BCUT2D eigenvalue weighted by Gasteiger charge is -2.10. The molecular weight excluding hydrogens is 268 g/mol. The van der Waals surface area contributed by atoms with Crippen LogP contribution in [0.3, 0.4) is 0 Å². The minimum atomic E-state index is -0.940. The van der Waals surface area contributed by atoms with Crippen molar-refractivity contribution < 1.29 is 24.7 Å². The van der Waals surface area contributed by atoms with Crippen molar-refractivity contribution >= 4 is 5.97 Å². The van der Waals surface area contributed by atoms with Crippen molar-refractivity contribution in [1.82, 2.24) is 4.73 Å². The molecule has 1 aromatic heterocycles. The Kier molecular flexibility index (Phi) is 3.64. The third kappa shape index (κ3) is 2.57. The van der Waals surface area contributed by atoms with Crippen LogP contribution in [0, 0.1) is 0 Å². The fourth-order valence-corrected chi connectivity index (χ4v) is 1.41. The summed E-state index contributed by atoms with van der Waals surface area (Å²) in [4.78, 5) is 23.4. The highest BCUT2D eigenvalue weighted by molar-refractivity contribution is 5.92. The first-order chi connectivity index (χ1) is 9.63. The molecule has 0 aliphatic heterocycles. The van der Waals surface area contributed by atoms with E-state index in [1.807, 2.05) is 0 Å². The fraction of sp³-hybridized carbons (Fsp3) is 0. The summed E-state index contributed by atoms with van der Waals surface area (Å²) < 4.78 is 0.708. The van der Waals surface area contributed by atoms with E-state index in [0.717, 1.165) is 0 Å². The van der Waals surface area contributed by atoms with Gasteiger partial charge in [-0.15, -0.1) is 4.73 Å². The average molecular weight is 276 g/mol. The Morgan fingerprint density at radius 1 is 1.20 bits per heavy atom. The molecule has 9 nitrogen and oxygen atoms in total. The molecule has 2 N–H and O–H groups in total. The van der Waals surface area contributed by atoms with Gasteiger partial charge in [0.25, 0.3) is 0 Å². The molecule has 0 amide bonds. The molecule has 0 fully saturated rings. The van der Waals surface area contributed by atoms with Gasteiger partial charge in [0.15, 0.2) is 5.75 Å². The van der Waals surface area contributed by atoms with Crippen molar-refractivity contribution in [3.05, 3.63) is 52.4 Å². The number of carbonyl (C=O) groups is 1. The average Bonchev–Trinajstić information content (AvgIpc) is 2.77. The third-order valence-electron chi connectivity index (χ3n) is 2.25. The Hall–Kier alpha value is -3.32. The second-order valence-electron chi connectivity index (χ2n) is 3.48. The number of azide groups is 1. The number of para-hydroxylation sites is 1. The molecule has 20 heavy (non-hydrogen) atoms. The largest absolute Gasteiger partial charge is 0.492 e. The monoisotopic (exact) mass is 276 g/mol. The summed E-state index contributed by atoms with van der Waals surface area (Å²) in [6.45, 7) is 0. The number of aromatic hydroxyl groups is 2. The maximum atomic E-state index is 11.6. The highest BCUT2D eigenvalue weighted by Crippen LogP contribution is 2.26. The molecule has 0 saturated heterocycles. The fourth-order valence-electron chi connectivity index (χ4n) is 1.41. The molecule has 0 spiro atoms. The van der Waals surface area contributed by atoms with Crippen LogP contribution in [-0.4, -0.2) is 20.9 Å². The number of hydrogen-bond donors (Lipinski definition) is 2. The summed E-state index contributed by atoms with van der Waals surface area (Å²) in [5.74, 6) is -1.67. The second kappa shape index (κ2) is 5.55. The summed E-state index contributed by atoms with van der Waals surface area (Å²) in [6.07, 6.45) is 0. The molecule has 1 heterocycles. The van der Waals surface area contributed by atoms with E-state index >= 15 is 0 Å². The molecule has 2 rings (SSSR count). The Labute approximate surface area is 111 Å². The van der Waals surface area contributed by atoms with Crippen molar-refractivity contribution in [2.45, 2.75) is 0 Å². The van der Waals surface area contributed by atoms with Crippen molar-refractivity contribution in [1.29, 1.82) is 0 Å². The Bertz CT molecular complexity index is 670. The molecule has 0 radical (unpaired) electrons. The van der Waals surface area contributed by atoms with Crippen LogP contribution in [0.2, 0.25) is 0 Å². The van der Waals surface area contributed by atoms with Gasteiger partial charge in [-0.3, -0.25) is 0 Å².